The standard InChI is InChI=1S/C48H29N3O/c1-3-13-30(14-4-1)49-42-27-23-32(29-39(42)45-43(49)28-26-38-35-19-9-12-22-44(35)52-48(38)45)51-41-21-11-8-18-34(41)37-25-24-36-33-17-7-10-20-40(33)50(46(36)47(37)51)31-15-5-2-6-16-31/h1-29H. The van der Waals surface area contributed by atoms with Gasteiger partial charge in [0.05, 0.1) is 38.5 Å². The number of rotatable bonds is 3. The molecule has 0 atom stereocenters. The number of furan rings is 1. The molecule has 52 heavy (non-hydrogen) atoms. The van der Waals surface area contributed by atoms with Crippen molar-refractivity contribution >= 4 is 87.4 Å². The highest BCUT2D eigenvalue weighted by atomic mass is 16.3. The molecule has 8 aromatic carbocycles. The van der Waals surface area contributed by atoms with Crippen LogP contribution in [0.5, 0.6) is 0 Å². The zero-order valence-electron chi connectivity index (χ0n) is 28.0. The van der Waals surface area contributed by atoms with Crippen LogP contribution in [-0.4, -0.2) is 13.7 Å². The van der Waals surface area contributed by atoms with Gasteiger partial charge in [-0.05, 0) is 72.8 Å². The molecule has 0 radical (unpaired) electrons. The van der Waals surface area contributed by atoms with Crippen molar-refractivity contribution in [3.63, 3.8) is 0 Å². The summed E-state index contributed by atoms with van der Waals surface area (Å²) >= 11 is 0. The molecule has 0 spiro atoms. The van der Waals surface area contributed by atoms with Crippen molar-refractivity contribution in [2.24, 2.45) is 0 Å². The van der Waals surface area contributed by atoms with Gasteiger partial charge in [0.1, 0.15) is 11.2 Å². The quantitative estimate of drug-likeness (QED) is 0.185. The summed E-state index contributed by atoms with van der Waals surface area (Å²) in [5, 5.41) is 9.49. The van der Waals surface area contributed by atoms with Gasteiger partial charge in [-0.3, -0.25) is 0 Å². The summed E-state index contributed by atoms with van der Waals surface area (Å²) in [6.45, 7) is 0. The van der Waals surface area contributed by atoms with E-state index in [1.807, 2.05) is 6.07 Å². The number of fused-ring (bicyclic) bond motifs is 14. The Kier molecular flexibility index (Phi) is 5.47. The molecule has 0 fully saturated rings. The highest BCUT2D eigenvalue weighted by Gasteiger charge is 2.23. The molecule has 0 aliphatic rings. The highest BCUT2D eigenvalue weighted by Crippen LogP contribution is 2.44. The van der Waals surface area contributed by atoms with Crippen LogP contribution >= 0.6 is 0 Å². The van der Waals surface area contributed by atoms with Crippen LogP contribution in [0.15, 0.2) is 180 Å². The maximum atomic E-state index is 6.73. The number of hydrogen-bond donors (Lipinski definition) is 0. The van der Waals surface area contributed by atoms with E-state index >= 15 is 0 Å². The molecule has 0 unspecified atom stereocenters. The van der Waals surface area contributed by atoms with E-state index in [9.17, 15) is 0 Å². The molecule has 0 aliphatic heterocycles. The van der Waals surface area contributed by atoms with Crippen LogP contribution in [0.3, 0.4) is 0 Å². The molecule has 4 heteroatoms. The summed E-state index contributed by atoms with van der Waals surface area (Å²) in [4.78, 5) is 0. The van der Waals surface area contributed by atoms with Crippen molar-refractivity contribution in [1.82, 2.24) is 13.7 Å². The van der Waals surface area contributed by atoms with Gasteiger partial charge >= 0.3 is 0 Å². The number of benzene rings is 8. The van der Waals surface area contributed by atoms with E-state index in [4.69, 9.17) is 4.42 Å². The Balaban J connectivity index is 1.27. The number of nitrogens with zero attached hydrogens (tertiary/aromatic N) is 3. The molecule has 0 aliphatic carbocycles. The molecule has 0 saturated carbocycles. The molecule has 0 bridgehead atoms. The van der Waals surface area contributed by atoms with Crippen molar-refractivity contribution < 1.29 is 4.42 Å². The third-order valence-corrected chi connectivity index (χ3v) is 11.0. The van der Waals surface area contributed by atoms with E-state index in [1.165, 1.54) is 43.6 Å². The fourth-order valence-corrected chi connectivity index (χ4v) is 8.88. The third-order valence-electron chi connectivity index (χ3n) is 11.0. The van der Waals surface area contributed by atoms with Gasteiger partial charge in [-0.15, -0.1) is 0 Å². The molecule has 242 valence electrons. The lowest BCUT2D eigenvalue weighted by molar-refractivity contribution is 0.673. The summed E-state index contributed by atoms with van der Waals surface area (Å²) in [7, 11) is 0. The minimum atomic E-state index is 0.903. The van der Waals surface area contributed by atoms with Gasteiger partial charge in [0, 0.05) is 54.8 Å². The lowest BCUT2D eigenvalue weighted by atomic mass is 10.1. The number of hydrogen-bond acceptors (Lipinski definition) is 1. The zero-order valence-corrected chi connectivity index (χ0v) is 28.0. The molecule has 4 heterocycles. The Labute approximate surface area is 297 Å². The maximum absolute atomic E-state index is 6.73. The molecular formula is C48H29N3O. The molecule has 12 aromatic rings. The van der Waals surface area contributed by atoms with Gasteiger partial charge in [0.25, 0.3) is 0 Å². The second-order valence-corrected chi connectivity index (χ2v) is 13.7. The second kappa shape index (κ2) is 10.3. The van der Waals surface area contributed by atoms with Crippen LogP contribution < -0.4 is 0 Å². The van der Waals surface area contributed by atoms with Crippen molar-refractivity contribution in [3.8, 4) is 17.1 Å². The topological polar surface area (TPSA) is 27.9 Å². The maximum Gasteiger partial charge on any atom is 0.145 e. The molecular weight excluding hydrogens is 635 g/mol. The van der Waals surface area contributed by atoms with E-state index in [2.05, 4.69) is 184 Å². The van der Waals surface area contributed by atoms with Crippen LogP contribution in [0.2, 0.25) is 0 Å². The van der Waals surface area contributed by atoms with Gasteiger partial charge < -0.3 is 18.1 Å². The second-order valence-electron chi connectivity index (χ2n) is 13.7. The first-order chi connectivity index (χ1) is 25.8. The van der Waals surface area contributed by atoms with Crippen molar-refractivity contribution in [3.05, 3.63) is 176 Å². The molecule has 12 rings (SSSR count). The molecule has 4 aromatic heterocycles. The summed E-state index contributed by atoms with van der Waals surface area (Å²) in [5.41, 5.74) is 12.2. The molecule has 0 amide bonds. The van der Waals surface area contributed by atoms with Gasteiger partial charge in [-0.2, -0.15) is 0 Å². The number of para-hydroxylation sites is 5. The average molecular weight is 664 g/mol. The van der Waals surface area contributed by atoms with Crippen molar-refractivity contribution in [1.29, 1.82) is 0 Å². The summed E-state index contributed by atoms with van der Waals surface area (Å²) in [6, 6.07) is 63.4. The van der Waals surface area contributed by atoms with Crippen molar-refractivity contribution in [2.45, 2.75) is 0 Å². The fourth-order valence-electron chi connectivity index (χ4n) is 8.88. The van der Waals surface area contributed by atoms with Crippen molar-refractivity contribution in [2.75, 3.05) is 0 Å². The lowest BCUT2D eigenvalue weighted by Crippen LogP contribution is -1.99. The van der Waals surface area contributed by atoms with E-state index in [0.29, 0.717) is 0 Å². The lowest BCUT2D eigenvalue weighted by Gasteiger charge is -2.13. The van der Waals surface area contributed by atoms with Crippen LogP contribution in [-0.2, 0) is 0 Å². The molecule has 0 N–H and O–H groups in total. The Morgan fingerprint density at radius 3 is 1.48 bits per heavy atom. The highest BCUT2D eigenvalue weighted by molar-refractivity contribution is 6.26. The minimum Gasteiger partial charge on any atom is -0.455 e. The number of aromatic nitrogens is 3. The first-order valence-electron chi connectivity index (χ1n) is 17.8. The normalized spacial score (nSPS) is 12.2. The van der Waals surface area contributed by atoms with Crippen LogP contribution in [0, 0.1) is 0 Å². The SMILES string of the molecule is c1ccc(-n2c3ccc(-n4c5ccccc5c5ccc6c7ccccc7n(-c7ccccc7)c6c54)cc3c3c4oc5ccccc5c4ccc32)cc1. The molecule has 0 saturated heterocycles. The summed E-state index contributed by atoms with van der Waals surface area (Å²) < 4.78 is 14.0. The van der Waals surface area contributed by atoms with E-state index in [1.54, 1.807) is 0 Å². The van der Waals surface area contributed by atoms with Gasteiger partial charge in [-0.1, -0.05) is 103 Å². The van der Waals surface area contributed by atoms with Gasteiger partial charge in [0.15, 0.2) is 0 Å². The predicted molar refractivity (Wildman–Crippen MR) is 217 cm³/mol. The van der Waals surface area contributed by atoms with E-state index in [0.717, 1.165) is 60.8 Å². The first kappa shape index (κ1) is 27.7. The fraction of sp³-hybridized carbons (Fsp3) is 0. The Morgan fingerprint density at radius 2 is 0.808 bits per heavy atom. The Hall–Kier alpha value is -7.04. The molecule has 4 nitrogen and oxygen atoms in total. The largest absolute Gasteiger partial charge is 0.455 e. The monoisotopic (exact) mass is 663 g/mol. The van der Waals surface area contributed by atoms with Gasteiger partial charge in [-0.25, -0.2) is 0 Å². The third kappa shape index (κ3) is 3.60. The summed E-state index contributed by atoms with van der Waals surface area (Å²) in [6.07, 6.45) is 0. The Bertz CT molecular complexity index is 3390. The Morgan fingerprint density at radius 1 is 0.308 bits per heavy atom. The van der Waals surface area contributed by atoms with Crippen LogP contribution in [0.1, 0.15) is 0 Å². The minimum absolute atomic E-state index is 0.903. The van der Waals surface area contributed by atoms with E-state index < -0.39 is 0 Å². The van der Waals surface area contributed by atoms with E-state index in [-0.39, 0.29) is 0 Å². The first-order valence-corrected chi connectivity index (χ1v) is 17.8. The van der Waals surface area contributed by atoms with Gasteiger partial charge in [0.2, 0.25) is 0 Å². The average Bonchev–Trinajstić information content (AvgIpc) is 3.94. The smallest absolute Gasteiger partial charge is 0.145 e. The predicted octanol–water partition coefficient (Wildman–Crippen LogP) is 12.9. The van der Waals surface area contributed by atoms with Crippen LogP contribution in [0.4, 0.5) is 0 Å². The zero-order chi connectivity index (χ0) is 33.9. The van der Waals surface area contributed by atoms with Crippen LogP contribution in [0.25, 0.3) is 104 Å². The summed E-state index contributed by atoms with van der Waals surface area (Å²) in [5.74, 6) is 0.